The molecule has 6 heteroatoms. The van der Waals surface area contributed by atoms with Crippen molar-refractivity contribution in [1.82, 2.24) is 5.32 Å². The molecule has 3 heterocycles. The second-order valence-electron chi connectivity index (χ2n) is 10.6. The SMILES string of the molecule is C/C1=C/CC(=O)O[C@]23C(=O)N[C@H](Cc4ccccc4)[C@@H]2[C@H](C)[C@]2(C)O[C@@H]2[C@H]3/C=C/C[C@@H](C)C1=O. The molecule has 0 bridgehead atoms. The molecule has 0 aromatic heterocycles. The Bertz CT molecular complexity index is 1080. The summed E-state index contributed by atoms with van der Waals surface area (Å²) in [5.41, 5.74) is -0.0388. The maximum absolute atomic E-state index is 13.8. The lowest BCUT2D eigenvalue weighted by molar-refractivity contribution is -0.181. The van der Waals surface area contributed by atoms with Crippen LogP contribution in [0.3, 0.4) is 0 Å². The third kappa shape index (κ3) is 3.46. The van der Waals surface area contributed by atoms with E-state index in [4.69, 9.17) is 9.47 Å². The Morgan fingerprint density at radius 1 is 1.12 bits per heavy atom. The average Bonchev–Trinajstić information content (AvgIpc) is 3.43. The average molecular weight is 464 g/mol. The number of ether oxygens (including phenoxy) is 2. The van der Waals surface area contributed by atoms with Crippen molar-refractivity contribution >= 4 is 17.7 Å². The van der Waals surface area contributed by atoms with Crippen molar-refractivity contribution in [2.75, 3.05) is 0 Å². The number of carbonyl (C=O) groups excluding carboxylic acids is 3. The van der Waals surface area contributed by atoms with E-state index in [0.29, 0.717) is 18.4 Å². The lowest BCUT2D eigenvalue weighted by Gasteiger charge is -2.46. The minimum Gasteiger partial charge on any atom is -0.448 e. The molecule has 2 saturated heterocycles. The molecule has 8 atom stereocenters. The minimum absolute atomic E-state index is 0.00768. The topological polar surface area (TPSA) is 85.0 Å². The third-order valence-corrected chi connectivity index (χ3v) is 8.58. The number of carbonyl (C=O) groups is 3. The molecule has 1 N–H and O–H groups in total. The quantitative estimate of drug-likeness (QED) is 0.412. The molecule has 1 aromatic rings. The number of hydrogen-bond acceptors (Lipinski definition) is 5. The molecule has 180 valence electrons. The van der Waals surface area contributed by atoms with Gasteiger partial charge in [0.25, 0.3) is 5.91 Å². The molecule has 0 radical (unpaired) electrons. The lowest BCUT2D eigenvalue weighted by atomic mass is 9.59. The monoisotopic (exact) mass is 463 g/mol. The number of benzene rings is 1. The van der Waals surface area contributed by atoms with Crippen LogP contribution >= 0.6 is 0 Å². The first-order valence-corrected chi connectivity index (χ1v) is 12.3. The first kappa shape index (κ1) is 23.0. The summed E-state index contributed by atoms with van der Waals surface area (Å²) in [5, 5.41) is 3.21. The first-order valence-electron chi connectivity index (χ1n) is 12.3. The molecule has 1 aliphatic carbocycles. The molecule has 34 heavy (non-hydrogen) atoms. The second kappa shape index (κ2) is 8.19. The Morgan fingerprint density at radius 3 is 2.59 bits per heavy atom. The summed E-state index contributed by atoms with van der Waals surface area (Å²) in [4.78, 5) is 39.5. The van der Waals surface area contributed by atoms with E-state index < -0.39 is 17.5 Å². The zero-order valence-corrected chi connectivity index (χ0v) is 20.2. The molecule has 1 amide bonds. The van der Waals surface area contributed by atoms with Gasteiger partial charge in [-0.1, -0.05) is 62.4 Å². The van der Waals surface area contributed by atoms with Crippen LogP contribution in [0.15, 0.2) is 54.1 Å². The Labute approximate surface area is 200 Å². The van der Waals surface area contributed by atoms with Gasteiger partial charge in [0.2, 0.25) is 5.60 Å². The molecular formula is C28H33NO5. The number of ketones is 1. The van der Waals surface area contributed by atoms with Crippen molar-refractivity contribution < 1.29 is 23.9 Å². The summed E-state index contributed by atoms with van der Waals surface area (Å²) in [6.45, 7) is 7.83. The molecule has 3 fully saturated rings. The van der Waals surface area contributed by atoms with Crippen LogP contribution in [0.25, 0.3) is 0 Å². The van der Waals surface area contributed by atoms with Crippen molar-refractivity contribution in [3.8, 4) is 0 Å². The fraction of sp³-hybridized carbons (Fsp3) is 0.536. The number of Topliss-reactive ketones (excluding diaryl/α,β-unsaturated/α-hetero) is 1. The Hall–Kier alpha value is -2.73. The van der Waals surface area contributed by atoms with Crippen LogP contribution in [-0.2, 0) is 30.3 Å². The largest absolute Gasteiger partial charge is 0.448 e. The highest BCUT2D eigenvalue weighted by Gasteiger charge is 2.78. The number of amides is 1. The predicted octanol–water partition coefficient (Wildman–Crippen LogP) is 3.55. The van der Waals surface area contributed by atoms with Crippen molar-refractivity contribution in [3.05, 3.63) is 59.7 Å². The van der Waals surface area contributed by atoms with Crippen molar-refractivity contribution in [2.24, 2.45) is 23.7 Å². The molecule has 6 nitrogen and oxygen atoms in total. The van der Waals surface area contributed by atoms with Crippen LogP contribution in [0.4, 0.5) is 0 Å². The summed E-state index contributed by atoms with van der Waals surface area (Å²) in [5.74, 6) is -1.55. The minimum atomic E-state index is -1.33. The van der Waals surface area contributed by atoms with Gasteiger partial charge < -0.3 is 14.8 Å². The summed E-state index contributed by atoms with van der Waals surface area (Å²) >= 11 is 0. The van der Waals surface area contributed by atoms with Gasteiger partial charge in [-0.15, -0.1) is 0 Å². The lowest BCUT2D eigenvalue weighted by Crippen LogP contribution is -2.61. The normalized spacial score (nSPS) is 44.1. The van der Waals surface area contributed by atoms with Gasteiger partial charge in [0, 0.05) is 17.9 Å². The van der Waals surface area contributed by atoms with Gasteiger partial charge in [-0.05, 0) is 43.7 Å². The highest BCUT2D eigenvalue weighted by molar-refractivity contribution is 5.97. The van der Waals surface area contributed by atoms with Crippen LogP contribution in [0, 0.1) is 23.7 Å². The van der Waals surface area contributed by atoms with Gasteiger partial charge in [-0.25, -0.2) is 0 Å². The number of hydrogen-bond donors (Lipinski definition) is 1. The number of esters is 1. The van der Waals surface area contributed by atoms with Gasteiger partial charge in [-0.2, -0.15) is 0 Å². The molecular weight excluding hydrogens is 430 g/mol. The number of fused-ring (bicyclic) bond motifs is 2. The molecule has 3 aliphatic heterocycles. The van der Waals surface area contributed by atoms with E-state index >= 15 is 0 Å². The smallest absolute Gasteiger partial charge is 0.310 e. The van der Waals surface area contributed by atoms with Gasteiger partial charge in [0.05, 0.1) is 24.0 Å². The van der Waals surface area contributed by atoms with E-state index in [0.717, 1.165) is 5.56 Å². The van der Waals surface area contributed by atoms with E-state index in [9.17, 15) is 14.4 Å². The van der Waals surface area contributed by atoms with Crippen molar-refractivity contribution in [2.45, 2.75) is 70.3 Å². The Morgan fingerprint density at radius 2 is 1.85 bits per heavy atom. The first-order chi connectivity index (χ1) is 16.2. The summed E-state index contributed by atoms with van der Waals surface area (Å²) in [6.07, 6.45) is 6.53. The zero-order chi connectivity index (χ0) is 24.3. The number of allylic oxidation sites excluding steroid dienone is 2. The van der Waals surface area contributed by atoms with E-state index in [-0.39, 0.29) is 53.6 Å². The van der Waals surface area contributed by atoms with Gasteiger partial charge >= 0.3 is 5.97 Å². The summed E-state index contributed by atoms with van der Waals surface area (Å²) in [6, 6.07) is 9.89. The van der Waals surface area contributed by atoms with E-state index in [1.165, 1.54) is 0 Å². The molecule has 1 saturated carbocycles. The fourth-order valence-corrected chi connectivity index (χ4v) is 6.50. The third-order valence-electron chi connectivity index (χ3n) is 8.58. The van der Waals surface area contributed by atoms with Crippen LogP contribution in [0.1, 0.15) is 46.1 Å². The standard InChI is InChI=1S/C28H33NO5/c1-16-9-8-12-20-25-27(4,34-25)18(3)23-21(15-19-10-6-5-7-11-19)29-26(32)28(20,23)33-22(30)14-13-17(2)24(16)31/h5-8,10-13,16,18,20-21,23,25H,9,14-15H2,1-4H3,(H,29,32)/b12-8+,17-13-/t16-,18+,20-,21-,23+,25-,27+,28+/m1/s1. The van der Waals surface area contributed by atoms with Crippen molar-refractivity contribution in [1.29, 1.82) is 0 Å². The van der Waals surface area contributed by atoms with Crippen LogP contribution in [0.2, 0.25) is 0 Å². The zero-order valence-electron chi connectivity index (χ0n) is 20.2. The van der Waals surface area contributed by atoms with E-state index in [2.05, 4.69) is 31.3 Å². The summed E-state index contributed by atoms with van der Waals surface area (Å²) < 4.78 is 12.5. The van der Waals surface area contributed by atoms with Gasteiger partial charge in [0.1, 0.15) is 0 Å². The summed E-state index contributed by atoms with van der Waals surface area (Å²) in [7, 11) is 0. The molecule has 1 spiro atoms. The fourth-order valence-electron chi connectivity index (χ4n) is 6.50. The molecule has 5 rings (SSSR count). The van der Waals surface area contributed by atoms with Crippen LogP contribution in [-0.4, -0.2) is 41.0 Å². The van der Waals surface area contributed by atoms with Gasteiger partial charge in [-0.3, -0.25) is 14.4 Å². The Balaban J connectivity index is 1.58. The second-order valence-corrected chi connectivity index (χ2v) is 10.6. The predicted molar refractivity (Wildman–Crippen MR) is 127 cm³/mol. The maximum Gasteiger partial charge on any atom is 0.310 e. The number of epoxide rings is 1. The highest BCUT2D eigenvalue weighted by Crippen LogP contribution is 2.63. The van der Waals surface area contributed by atoms with Gasteiger partial charge in [0.15, 0.2) is 5.78 Å². The molecule has 4 aliphatic rings. The Kier molecular flexibility index (Phi) is 5.55. The van der Waals surface area contributed by atoms with E-state index in [1.54, 1.807) is 13.0 Å². The molecule has 1 aromatic carbocycles. The van der Waals surface area contributed by atoms with Crippen molar-refractivity contribution in [3.63, 3.8) is 0 Å². The van der Waals surface area contributed by atoms with Crippen LogP contribution in [0.5, 0.6) is 0 Å². The number of nitrogens with one attached hydrogen (secondary N) is 1. The van der Waals surface area contributed by atoms with Crippen LogP contribution < -0.4 is 5.32 Å². The highest BCUT2D eigenvalue weighted by atomic mass is 16.6. The van der Waals surface area contributed by atoms with E-state index in [1.807, 2.05) is 37.3 Å². The maximum atomic E-state index is 13.8. The number of rotatable bonds is 2. The molecule has 0 unspecified atom stereocenters.